The number of hydrogen-bond acceptors (Lipinski definition) is 4. The van der Waals surface area contributed by atoms with E-state index in [-0.39, 0.29) is 0 Å². The molecule has 0 atom stereocenters. The molecule has 0 spiro atoms. The molecule has 1 aromatic heterocycles. The number of aromatic nitrogens is 2. The van der Waals surface area contributed by atoms with Crippen LogP contribution in [0, 0.1) is 0 Å². The zero-order valence-electron chi connectivity index (χ0n) is 10.1. The van der Waals surface area contributed by atoms with Crippen LogP contribution in [-0.2, 0) is 6.54 Å². The van der Waals surface area contributed by atoms with Gasteiger partial charge in [0.25, 0.3) is 0 Å². The summed E-state index contributed by atoms with van der Waals surface area (Å²) in [5.74, 6) is 0. The molecule has 0 bridgehead atoms. The second-order valence-electron chi connectivity index (χ2n) is 4.16. The van der Waals surface area contributed by atoms with Crippen molar-refractivity contribution in [3.8, 4) is 10.6 Å². The van der Waals surface area contributed by atoms with Crippen LogP contribution in [-0.4, -0.2) is 16.2 Å². The van der Waals surface area contributed by atoms with Crippen LogP contribution in [0.4, 0.5) is 0 Å². The fourth-order valence-corrected chi connectivity index (χ4v) is 3.13. The molecule has 0 saturated heterocycles. The highest BCUT2D eigenvalue weighted by Crippen LogP contribution is 2.32. The van der Waals surface area contributed by atoms with Crippen molar-refractivity contribution in [3.63, 3.8) is 0 Å². The van der Waals surface area contributed by atoms with Gasteiger partial charge >= 0.3 is 0 Å². The molecule has 18 heavy (non-hydrogen) atoms. The molecular weight excluding hydrogens is 378 g/mol. The van der Waals surface area contributed by atoms with E-state index in [0.29, 0.717) is 6.04 Å². The van der Waals surface area contributed by atoms with Crippen LogP contribution in [0.5, 0.6) is 0 Å². The summed E-state index contributed by atoms with van der Waals surface area (Å²) in [4.78, 5) is 0. The Balaban J connectivity index is 2.21. The summed E-state index contributed by atoms with van der Waals surface area (Å²) in [5.41, 5.74) is 1.07. The summed E-state index contributed by atoms with van der Waals surface area (Å²) in [6, 6.07) is 6.50. The smallest absolute Gasteiger partial charge is 0.149 e. The van der Waals surface area contributed by atoms with Gasteiger partial charge < -0.3 is 5.32 Å². The molecule has 0 aliphatic heterocycles. The Hall–Kier alpha value is -0.300. The third-order valence-corrected chi connectivity index (χ3v) is 4.43. The maximum atomic E-state index is 4.24. The van der Waals surface area contributed by atoms with E-state index in [9.17, 15) is 0 Å². The minimum absolute atomic E-state index is 0.454. The van der Waals surface area contributed by atoms with Gasteiger partial charge in [-0.05, 0) is 18.2 Å². The van der Waals surface area contributed by atoms with Crippen LogP contribution in [0.15, 0.2) is 27.1 Å². The van der Waals surface area contributed by atoms with Crippen LogP contribution in [0.3, 0.4) is 0 Å². The predicted octanol–water partition coefficient (Wildman–Crippen LogP) is 4.23. The first-order valence-electron chi connectivity index (χ1n) is 5.57. The number of benzene rings is 1. The molecule has 0 aliphatic rings. The highest BCUT2D eigenvalue weighted by molar-refractivity contribution is 9.11. The molecule has 0 fully saturated rings. The van der Waals surface area contributed by atoms with Crippen molar-refractivity contribution in [2.75, 3.05) is 0 Å². The second kappa shape index (κ2) is 6.23. The number of halogens is 2. The zero-order valence-corrected chi connectivity index (χ0v) is 14.1. The van der Waals surface area contributed by atoms with Gasteiger partial charge in [-0.1, -0.05) is 57.0 Å². The minimum Gasteiger partial charge on any atom is -0.308 e. The molecule has 2 aromatic rings. The number of hydrogen-bond donors (Lipinski definition) is 1. The number of nitrogens with one attached hydrogen (secondary N) is 1. The molecule has 3 nitrogen and oxygen atoms in total. The van der Waals surface area contributed by atoms with E-state index < -0.39 is 0 Å². The van der Waals surface area contributed by atoms with E-state index in [0.717, 1.165) is 31.1 Å². The van der Waals surface area contributed by atoms with Crippen LogP contribution in [0.1, 0.15) is 18.9 Å². The Morgan fingerprint density at radius 3 is 2.78 bits per heavy atom. The quantitative estimate of drug-likeness (QED) is 0.848. The predicted molar refractivity (Wildman–Crippen MR) is 82.7 cm³/mol. The molecule has 1 aromatic carbocycles. The molecule has 96 valence electrons. The van der Waals surface area contributed by atoms with E-state index in [2.05, 4.69) is 61.2 Å². The summed E-state index contributed by atoms with van der Waals surface area (Å²) in [6.07, 6.45) is 0. The third kappa shape index (κ3) is 3.60. The van der Waals surface area contributed by atoms with Crippen molar-refractivity contribution < 1.29 is 0 Å². The highest BCUT2D eigenvalue weighted by Gasteiger charge is 2.10. The van der Waals surface area contributed by atoms with E-state index in [4.69, 9.17) is 0 Å². The van der Waals surface area contributed by atoms with Gasteiger partial charge in [-0.25, -0.2) is 0 Å². The molecule has 1 heterocycles. The average molecular weight is 391 g/mol. The molecule has 0 unspecified atom stereocenters. The van der Waals surface area contributed by atoms with Crippen LogP contribution < -0.4 is 5.32 Å². The fourth-order valence-electron chi connectivity index (χ4n) is 1.39. The van der Waals surface area contributed by atoms with Crippen LogP contribution in [0.2, 0.25) is 0 Å². The normalized spacial score (nSPS) is 11.2. The van der Waals surface area contributed by atoms with Crippen LogP contribution >= 0.6 is 43.2 Å². The van der Waals surface area contributed by atoms with Crippen molar-refractivity contribution >= 4 is 43.2 Å². The van der Waals surface area contributed by atoms with Crippen molar-refractivity contribution in [2.24, 2.45) is 0 Å². The van der Waals surface area contributed by atoms with Gasteiger partial charge in [-0.15, -0.1) is 10.2 Å². The Kier molecular flexibility index (Phi) is 4.89. The van der Waals surface area contributed by atoms with Gasteiger partial charge in [0.05, 0.1) is 0 Å². The molecule has 0 aliphatic carbocycles. The van der Waals surface area contributed by atoms with Crippen molar-refractivity contribution in [3.05, 3.63) is 32.2 Å². The fraction of sp³-hybridized carbons (Fsp3) is 0.333. The van der Waals surface area contributed by atoms with Gasteiger partial charge in [0, 0.05) is 27.1 Å². The third-order valence-electron chi connectivity index (χ3n) is 2.29. The summed E-state index contributed by atoms with van der Waals surface area (Å²) in [6.45, 7) is 5.00. The first kappa shape index (κ1) is 14.1. The topological polar surface area (TPSA) is 37.8 Å². The molecule has 0 amide bonds. The van der Waals surface area contributed by atoms with E-state index >= 15 is 0 Å². The van der Waals surface area contributed by atoms with Crippen molar-refractivity contribution in [1.29, 1.82) is 0 Å². The molecule has 0 saturated carbocycles. The van der Waals surface area contributed by atoms with E-state index in [1.807, 2.05) is 18.2 Å². The molecule has 0 radical (unpaired) electrons. The van der Waals surface area contributed by atoms with Crippen LogP contribution in [0.25, 0.3) is 10.6 Å². The first-order valence-corrected chi connectivity index (χ1v) is 7.97. The van der Waals surface area contributed by atoms with Gasteiger partial charge in [0.2, 0.25) is 0 Å². The Morgan fingerprint density at radius 2 is 2.06 bits per heavy atom. The maximum absolute atomic E-state index is 4.24. The Labute approximate surface area is 127 Å². The lowest BCUT2D eigenvalue weighted by atomic mass is 10.2. The molecule has 2 rings (SSSR count). The lowest BCUT2D eigenvalue weighted by molar-refractivity contribution is 0.585. The van der Waals surface area contributed by atoms with E-state index in [1.54, 1.807) is 11.3 Å². The largest absolute Gasteiger partial charge is 0.308 e. The van der Waals surface area contributed by atoms with Crippen molar-refractivity contribution in [2.45, 2.75) is 26.4 Å². The van der Waals surface area contributed by atoms with Gasteiger partial charge in [-0.3, -0.25) is 0 Å². The average Bonchev–Trinajstić information content (AvgIpc) is 2.78. The number of rotatable bonds is 4. The first-order chi connectivity index (χ1) is 8.56. The monoisotopic (exact) mass is 389 g/mol. The Morgan fingerprint density at radius 1 is 1.28 bits per heavy atom. The minimum atomic E-state index is 0.454. The zero-order chi connectivity index (χ0) is 13.1. The number of nitrogens with zero attached hydrogens (tertiary/aromatic N) is 2. The SMILES string of the molecule is CC(C)NCc1nnc(-c2cc(Br)ccc2Br)s1. The molecule has 1 N–H and O–H groups in total. The standard InChI is InChI=1S/C12H13Br2N3S/c1-7(2)15-6-11-16-17-12(18-11)9-5-8(13)3-4-10(9)14/h3-5,7,15H,6H2,1-2H3. The summed E-state index contributed by atoms with van der Waals surface area (Å²) in [7, 11) is 0. The van der Waals surface area contributed by atoms with Crippen molar-refractivity contribution in [1.82, 2.24) is 15.5 Å². The molecule has 6 heteroatoms. The lowest BCUT2D eigenvalue weighted by Crippen LogP contribution is -2.21. The summed E-state index contributed by atoms with van der Waals surface area (Å²) in [5, 5.41) is 13.7. The van der Waals surface area contributed by atoms with Gasteiger partial charge in [0.1, 0.15) is 10.0 Å². The molecular formula is C12H13Br2N3S. The second-order valence-corrected chi connectivity index (χ2v) is 6.99. The van der Waals surface area contributed by atoms with Gasteiger partial charge in [0.15, 0.2) is 0 Å². The van der Waals surface area contributed by atoms with E-state index in [1.165, 1.54) is 0 Å². The maximum Gasteiger partial charge on any atom is 0.149 e. The summed E-state index contributed by atoms with van der Waals surface area (Å²) >= 11 is 8.63. The Bertz CT molecular complexity index is 540. The van der Waals surface area contributed by atoms with Gasteiger partial charge in [-0.2, -0.15) is 0 Å². The summed E-state index contributed by atoms with van der Waals surface area (Å²) < 4.78 is 2.07. The lowest BCUT2D eigenvalue weighted by Gasteiger charge is -2.03. The highest BCUT2D eigenvalue weighted by atomic mass is 79.9.